The van der Waals surface area contributed by atoms with Crippen molar-refractivity contribution < 1.29 is 19.5 Å². The number of likely N-dealkylation sites (tertiary alicyclic amines) is 1. The highest BCUT2D eigenvalue weighted by Gasteiger charge is 2.18. The molecule has 0 unspecified atom stereocenters. The number of benzene rings is 1. The van der Waals surface area contributed by atoms with Crippen molar-refractivity contribution >= 4 is 23.5 Å². The highest BCUT2D eigenvalue weighted by Crippen LogP contribution is 2.17. The second-order valence-corrected chi connectivity index (χ2v) is 6.16. The van der Waals surface area contributed by atoms with Gasteiger partial charge in [0.2, 0.25) is 5.91 Å². The van der Waals surface area contributed by atoms with Crippen LogP contribution in [0.3, 0.4) is 0 Å². The Labute approximate surface area is 150 Å². The lowest BCUT2D eigenvalue weighted by Crippen LogP contribution is -2.34. The molecular formula is C19H19N3O4. The number of amides is 2. The first-order valence-electron chi connectivity index (χ1n) is 8.40. The van der Waals surface area contributed by atoms with Crippen LogP contribution in [0.2, 0.25) is 0 Å². The number of carbonyl (C=O) groups excluding carboxylic acids is 2. The predicted molar refractivity (Wildman–Crippen MR) is 94.9 cm³/mol. The van der Waals surface area contributed by atoms with Crippen molar-refractivity contribution in [3.63, 3.8) is 0 Å². The second kappa shape index (κ2) is 7.77. The number of carboxylic acid groups (broad SMARTS) is 1. The van der Waals surface area contributed by atoms with Gasteiger partial charge in [0.25, 0.3) is 5.91 Å². The summed E-state index contributed by atoms with van der Waals surface area (Å²) in [6, 6.07) is 9.81. The van der Waals surface area contributed by atoms with Crippen molar-refractivity contribution in [1.29, 1.82) is 0 Å². The molecule has 134 valence electrons. The van der Waals surface area contributed by atoms with Gasteiger partial charge in [-0.05, 0) is 42.7 Å². The molecule has 2 N–H and O–H groups in total. The molecule has 26 heavy (non-hydrogen) atoms. The highest BCUT2D eigenvalue weighted by molar-refractivity contribution is 6.04. The van der Waals surface area contributed by atoms with E-state index in [4.69, 9.17) is 5.11 Å². The number of carboxylic acids is 1. The lowest BCUT2D eigenvalue weighted by atomic mass is 10.1. The summed E-state index contributed by atoms with van der Waals surface area (Å²) in [5.41, 5.74) is 1.52. The monoisotopic (exact) mass is 353 g/mol. The molecule has 0 atom stereocenters. The Kier molecular flexibility index (Phi) is 5.26. The summed E-state index contributed by atoms with van der Waals surface area (Å²) in [6.07, 6.45) is 3.82. The SMILES string of the molecule is O=C(O)c1ccnc(C(=O)Nc2cccc(CN3CCCCC3=O)c2)c1. The molecule has 2 aromatic rings. The van der Waals surface area contributed by atoms with E-state index < -0.39 is 11.9 Å². The van der Waals surface area contributed by atoms with Crippen molar-refractivity contribution in [1.82, 2.24) is 9.88 Å². The van der Waals surface area contributed by atoms with Gasteiger partial charge in [-0.15, -0.1) is 0 Å². The van der Waals surface area contributed by atoms with Crippen LogP contribution in [0.5, 0.6) is 0 Å². The first kappa shape index (κ1) is 17.6. The van der Waals surface area contributed by atoms with E-state index in [1.54, 1.807) is 18.2 Å². The van der Waals surface area contributed by atoms with Crippen molar-refractivity contribution in [3.8, 4) is 0 Å². The standard InChI is InChI=1S/C19H19N3O4/c23-17-6-1-2-9-22(17)12-13-4-3-5-15(10-13)21-18(24)16-11-14(19(25)26)7-8-20-16/h3-5,7-8,10-11H,1-2,6,9,12H2,(H,21,24)(H,25,26). The molecule has 1 saturated heterocycles. The van der Waals surface area contributed by atoms with Gasteiger partial charge >= 0.3 is 5.97 Å². The van der Waals surface area contributed by atoms with Gasteiger partial charge in [0, 0.05) is 31.4 Å². The van der Waals surface area contributed by atoms with E-state index in [1.807, 2.05) is 11.0 Å². The largest absolute Gasteiger partial charge is 0.478 e. The minimum atomic E-state index is -1.12. The zero-order valence-corrected chi connectivity index (χ0v) is 14.1. The summed E-state index contributed by atoms with van der Waals surface area (Å²) in [6.45, 7) is 1.26. The maximum atomic E-state index is 12.3. The maximum Gasteiger partial charge on any atom is 0.335 e. The van der Waals surface area contributed by atoms with E-state index in [-0.39, 0.29) is 17.2 Å². The Bertz CT molecular complexity index is 850. The Morgan fingerprint density at radius 1 is 1.19 bits per heavy atom. The number of rotatable bonds is 5. The molecule has 0 spiro atoms. The summed E-state index contributed by atoms with van der Waals surface area (Å²) in [5.74, 6) is -1.45. The number of carbonyl (C=O) groups is 3. The van der Waals surface area contributed by atoms with E-state index in [9.17, 15) is 14.4 Å². The molecule has 1 fully saturated rings. The summed E-state index contributed by atoms with van der Waals surface area (Å²) >= 11 is 0. The van der Waals surface area contributed by atoms with Crippen LogP contribution in [-0.2, 0) is 11.3 Å². The smallest absolute Gasteiger partial charge is 0.335 e. The van der Waals surface area contributed by atoms with Crippen LogP contribution in [0.1, 0.15) is 45.7 Å². The van der Waals surface area contributed by atoms with Crippen LogP contribution in [0.25, 0.3) is 0 Å². The number of aromatic carboxylic acids is 1. The fourth-order valence-corrected chi connectivity index (χ4v) is 2.88. The highest BCUT2D eigenvalue weighted by atomic mass is 16.4. The van der Waals surface area contributed by atoms with Gasteiger partial charge in [-0.2, -0.15) is 0 Å². The van der Waals surface area contributed by atoms with Crippen LogP contribution in [0, 0.1) is 0 Å². The van der Waals surface area contributed by atoms with Gasteiger partial charge in [0.05, 0.1) is 5.56 Å². The van der Waals surface area contributed by atoms with E-state index in [2.05, 4.69) is 10.3 Å². The summed E-state index contributed by atoms with van der Waals surface area (Å²) in [7, 11) is 0. The number of piperidine rings is 1. The molecule has 3 rings (SSSR count). The van der Waals surface area contributed by atoms with Crippen molar-refractivity contribution in [2.24, 2.45) is 0 Å². The number of hydrogen-bond donors (Lipinski definition) is 2. The molecule has 0 radical (unpaired) electrons. The zero-order chi connectivity index (χ0) is 18.5. The van der Waals surface area contributed by atoms with Crippen LogP contribution in [0.4, 0.5) is 5.69 Å². The van der Waals surface area contributed by atoms with E-state index >= 15 is 0 Å². The Morgan fingerprint density at radius 2 is 2.04 bits per heavy atom. The van der Waals surface area contributed by atoms with Crippen molar-refractivity contribution in [3.05, 3.63) is 59.4 Å². The van der Waals surface area contributed by atoms with Gasteiger partial charge in [-0.1, -0.05) is 12.1 Å². The Morgan fingerprint density at radius 3 is 2.81 bits per heavy atom. The van der Waals surface area contributed by atoms with Crippen LogP contribution in [0.15, 0.2) is 42.6 Å². The molecule has 1 aromatic carbocycles. The Hall–Kier alpha value is -3.22. The number of nitrogens with one attached hydrogen (secondary N) is 1. The van der Waals surface area contributed by atoms with E-state index in [0.717, 1.165) is 24.9 Å². The number of hydrogen-bond acceptors (Lipinski definition) is 4. The lowest BCUT2D eigenvalue weighted by molar-refractivity contribution is -0.133. The third-order valence-electron chi connectivity index (χ3n) is 4.22. The molecule has 1 aliphatic heterocycles. The zero-order valence-electron chi connectivity index (χ0n) is 14.1. The quantitative estimate of drug-likeness (QED) is 0.860. The topological polar surface area (TPSA) is 99.6 Å². The first-order chi connectivity index (χ1) is 12.5. The number of nitrogens with zero attached hydrogens (tertiary/aromatic N) is 2. The average Bonchev–Trinajstić information content (AvgIpc) is 2.64. The molecule has 7 heteroatoms. The molecule has 0 bridgehead atoms. The van der Waals surface area contributed by atoms with E-state index in [0.29, 0.717) is 18.7 Å². The molecule has 0 saturated carbocycles. The Balaban J connectivity index is 1.70. The molecular weight excluding hydrogens is 334 g/mol. The van der Waals surface area contributed by atoms with Crippen LogP contribution in [-0.4, -0.2) is 39.3 Å². The van der Waals surface area contributed by atoms with E-state index in [1.165, 1.54) is 18.3 Å². The molecule has 2 heterocycles. The number of pyridine rings is 1. The van der Waals surface area contributed by atoms with Gasteiger partial charge in [-0.3, -0.25) is 14.6 Å². The lowest BCUT2D eigenvalue weighted by Gasteiger charge is -2.26. The third kappa shape index (κ3) is 4.24. The molecule has 2 amide bonds. The number of anilines is 1. The fraction of sp³-hybridized carbons (Fsp3) is 0.263. The van der Waals surface area contributed by atoms with Gasteiger partial charge < -0.3 is 15.3 Å². The van der Waals surface area contributed by atoms with Crippen molar-refractivity contribution in [2.75, 3.05) is 11.9 Å². The normalized spacial score (nSPS) is 14.2. The summed E-state index contributed by atoms with van der Waals surface area (Å²) in [5, 5.41) is 11.7. The summed E-state index contributed by atoms with van der Waals surface area (Å²) < 4.78 is 0. The minimum absolute atomic E-state index is 0.00233. The maximum absolute atomic E-state index is 12.3. The van der Waals surface area contributed by atoms with Gasteiger partial charge in [-0.25, -0.2) is 4.79 Å². The minimum Gasteiger partial charge on any atom is -0.478 e. The molecule has 1 aromatic heterocycles. The van der Waals surface area contributed by atoms with Crippen LogP contribution >= 0.6 is 0 Å². The molecule has 1 aliphatic rings. The predicted octanol–water partition coefficient (Wildman–Crippen LogP) is 2.54. The van der Waals surface area contributed by atoms with Crippen LogP contribution < -0.4 is 5.32 Å². The number of aromatic nitrogens is 1. The van der Waals surface area contributed by atoms with Crippen molar-refractivity contribution in [2.45, 2.75) is 25.8 Å². The fourth-order valence-electron chi connectivity index (χ4n) is 2.88. The van der Waals surface area contributed by atoms with Gasteiger partial charge in [0.15, 0.2) is 0 Å². The third-order valence-corrected chi connectivity index (χ3v) is 4.22. The summed E-state index contributed by atoms with van der Waals surface area (Å²) in [4.78, 5) is 41.0. The molecule has 0 aliphatic carbocycles. The average molecular weight is 353 g/mol. The second-order valence-electron chi connectivity index (χ2n) is 6.16. The molecule has 7 nitrogen and oxygen atoms in total. The van der Waals surface area contributed by atoms with Gasteiger partial charge in [0.1, 0.15) is 5.69 Å². The first-order valence-corrected chi connectivity index (χ1v) is 8.40.